The molecule has 1 aromatic heterocycles. The van der Waals surface area contributed by atoms with Crippen LogP contribution < -0.4 is 5.32 Å². The van der Waals surface area contributed by atoms with Crippen molar-refractivity contribution in [3.05, 3.63) is 12.7 Å². The van der Waals surface area contributed by atoms with Gasteiger partial charge in [0.1, 0.15) is 12.7 Å². The van der Waals surface area contributed by atoms with Crippen LogP contribution in [0.25, 0.3) is 0 Å². The Kier molecular flexibility index (Phi) is 3.93. The summed E-state index contributed by atoms with van der Waals surface area (Å²) >= 11 is 0. The molecule has 1 aliphatic carbocycles. The summed E-state index contributed by atoms with van der Waals surface area (Å²) in [7, 11) is 0. The molecule has 0 spiro atoms. The van der Waals surface area contributed by atoms with E-state index in [0.717, 1.165) is 24.9 Å². The van der Waals surface area contributed by atoms with Crippen molar-refractivity contribution < 1.29 is 0 Å². The van der Waals surface area contributed by atoms with Crippen molar-refractivity contribution in [2.24, 2.45) is 11.8 Å². The van der Waals surface area contributed by atoms with E-state index >= 15 is 0 Å². The maximum atomic E-state index is 4.10. The standard InChI is InChI=1S/C12H22N4/c1-10-3-4-12(11(2)7-10)14-5-6-16-9-13-8-15-16/h8-12,14H,3-7H2,1-2H3. The summed E-state index contributed by atoms with van der Waals surface area (Å²) in [5.41, 5.74) is 0. The van der Waals surface area contributed by atoms with Gasteiger partial charge in [-0.3, -0.25) is 4.68 Å². The number of rotatable bonds is 4. The molecule has 0 aliphatic heterocycles. The van der Waals surface area contributed by atoms with Crippen molar-refractivity contribution >= 4 is 0 Å². The number of aromatic nitrogens is 3. The van der Waals surface area contributed by atoms with Crippen molar-refractivity contribution in [2.75, 3.05) is 6.54 Å². The Balaban J connectivity index is 1.69. The lowest BCUT2D eigenvalue weighted by Crippen LogP contribution is -2.40. The van der Waals surface area contributed by atoms with Crippen LogP contribution in [0.15, 0.2) is 12.7 Å². The van der Waals surface area contributed by atoms with Crippen molar-refractivity contribution in [2.45, 2.75) is 45.7 Å². The van der Waals surface area contributed by atoms with E-state index in [0.29, 0.717) is 6.04 Å². The minimum atomic E-state index is 0.694. The van der Waals surface area contributed by atoms with Crippen LogP contribution in [0.4, 0.5) is 0 Å². The Hall–Kier alpha value is -0.900. The molecule has 90 valence electrons. The SMILES string of the molecule is CC1CCC(NCCn2cncn2)C(C)C1. The highest BCUT2D eigenvalue weighted by Crippen LogP contribution is 2.28. The topological polar surface area (TPSA) is 42.7 Å². The third-order valence-electron chi connectivity index (χ3n) is 3.65. The van der Waals surface area contributed by atoms with Gasteiger partial charge in [-0.2, -0.15) is 5.10 Å². The molecular weight excluding hydrogens is 200 g/mol. The summed E-state index contributed by atoms with van der Waals surface area (Å²) in [6, 6.07) is 0.694. The Morgan fingerprint density at radius 2 is 2.25 bits per heavy atom. The lowest BCUT2D eigenvalue weighted by molar-refractivity contribution is 0.226. The third-order valence-corrected chi connectivity index (χ3v) is 3.65. The maximum Gasteiger partial charge on any atom is 0.137 e. The van der Waals surface area contributed by atoms with Gasteiger partial charge in [0, 0.05) is 12.6 Å². The summed E-state index contributed by atoms with van der Waals surface area (Å²) in [6.07, 6.45) is 7.41. The number of nitrogens with zero attached hydrogens (tertiary/aromatic N) is 3. The van der Waals surface area contributed by atoms with Crippen LogP contribution in [0.1, 0.15) is 33.1 Å². The fourth-order valence-corrected chi connectivity index (χ4v) is 2.68. The van der Waals surface area contributed by atoms with Gasteiger partial charge < -0.3 is 5.32 Å². The molecule has 1 aliphatic rings. The van der Waals surface area contributed by atoms with Gasteiger partial charge in [0.05, 0.1) is 6.54 Å². The van der Waals surface area contributed by atoms with E-state index in [4.69, 9.17) is 0 Å². The molecule has 4 nitrogen and oxygen atoms in total. The first kappa shape index (κ1) is 11.6. The second kappa shape index (κ2) is 5.43. The zero-order chi connectivity index (χ0) is 11.4. The molecular formula is C12H22N4. The molecule has 0 amide bonds. The number of hydrogen-bond acceptors (Lipinski definition) is 3. The molecule has 1 heterocycles. The average molecular weight is 222 g/mol. The van der Waals surface area contributed by atoms with E-state index in [1.165, 1.54) is 19.3 Å². The van der Waals surface area contributed by atoms with Crippen LogP contribution in [0.5, 0.6) is 0 Å². The van der Waals surface area contributed by atoms with Crippen LogP contribution >= 0.6 is 0 Å². The van der Waals surface area contributed by atoms with Crippen LogP contribution in [0.2, 0.25) is 0 Å². The van der Waals surface area contributed by atoms with E-state index in [-0.39, 0.29) is 0 Å². The first-order valence-electron chi connectivity index (χ1n) is 6.31. The summed E-state index contributed by atoms with van der Waals surface area (Å²) < 4.78 is 1.88. The first-order chi connectivity index (χ1) is 7.75. The molecule has 0 aromatic carbocycles. The van der Waals surface area contributed by atoms with E-state index in [1.807, 2.05) is 4.68 Å². The van der Waals surface area contributed by atoms with Crippen LogP contribution in [0.3, 0.4) is 0 Å². The van der Waals surface area contributed by atoms with Gasteiger partial charge in [-0.05, 0) is 31.1 Å². The molecule has 1 saturated carbocycles. The summed E-state index contributed by atoms with van der Waals surface area (Å²) in [4.78, 5) is 3.94. The zero-order valence-corrected chi connectivity index (χ0v) is 10.3. The van der Waals surface area contributed by atoms with Crippen molar-refractivity contribution in [1.29, 1.82) is 0 Å². The summed E-state index contributed by atoms with van der Waals surface area (Å²) in [5, 5.41) is 7.74. The molecule has 0 bridgehead atoms. The second-order valence-electron chi connectivity index (χ2n) is 5.11. The van der Waals surface area contributed by atoms with Crippen LogP contribution in [0, 0.1) is 11.8 Å². The molecule has 0 radical (unpaired) electrons. The van der Waals surface area contributed by atoms with E-state index in [2.05, 4.69) is 29.2 Å². The highest BCUT2D eigenvalue weighted by molar-refractivity contribution is 4.80. The molecule has 0 saturated heterocycles. The zero-order valence-electron chi connectivity index (χ0n) is 10.3. The lowest BCUT2D eigenvalue weighted by Gasteiger charge is -2.33. The van der Waals surface area contributed by atoms with E-state index in [9.17, 15) is 0 Å². The fraction of sp³-hybridized carbons (Fsp3) is 0.833. The number of hydrogen-bond donors (Lipinski definition) is 1. The Morgan fingerprint density at radius 3 is 2.94 bits per heavy atom. The molecule has 1 aromatic rings. The lowest BCUT2D eigenvalue weighted by atomic mass is 9.80. The smallest absolute Gasteiger partial charge is 0.137 e. The van der Waals surface area contributed by atoms with Crippen molar-refractivity contribution in [1.82, 2.24) is 20.1 Å². The molecule has 4 heteroatoms. The van der Waals surface area contributed by atoms with Gasteiger partial charge in [0.25, 0.3) is 0 Å². The van der Waals surface area contributed by atoms with Gasteiger partial charge in [0.2, 0.25) is 0 Å². The van der Waals surface area contributed by atoms with Gasteiger partial charge >= 0.3 is 0 Å². The van der Waals surface area contributed by atoms with E-state index in [1.54, 1.807) is 12.7 Å². The predicted octanol–water partition coefficient (Wildman–Crippen LogP) is 1.69. The quantitative estimate of drug-likeness (QED) is 0.843. The van der Waals surface area contributed by atoms with E-state index < -0.39 is 0 Å². The Labute approximate surface area is 97.5 Å². The molecule has 2 rings (SSSR count). The van der Waals surface area contributed by atoms with Crippen LogP contribution in [-0.4, -0.2) is 27.4 Å². The van der Waals surface area contributed by atoms with Gasteiger partial charge in [-0.15, -0.1) is 0 Å². The third kappa shape index (κ3) is 3.04. The Morgan fingerprint density at radius 1 is 1.38 bits per heavy atom. The molecule has 1 fully saturated rings. The Bertz CT molecular complexity index is 296. The molecule has 3 unspecified atom stereocenters. The summed E-state index contributed by atoms with van der Waals surface area (Å²) in [6.45, 7) is 6.64. The minimum absolute atomic E-state index is 0.694. The normalized spacial score (nSPS) is 30.5. The monoisotopic (exact) mass is 222 g/mol. The summed E-state index contributed by atoms with van der Waals surface area (Å²) in [5.74, 6) is 1.71. The molecule has 3 atom stereocenters. The van der Waals surface area contributed by atoms with Crippen molar-refractivity contribution in [3.8, 4) is 0 Å². The maximum absolute atomic E-state index is 4.10. The predicted molar refractivity (Wildman–Crippen MR) is 64.0 cm³/mol. The highest BCUT2D eigenvalue weighted by atomic mass is 15.3. The van der Waals surface area contributed by atoms with Gasteiger partial charge in [-0.25, -0.2) is 4.98 Å². The van der Waals surface area contributed by atoms with Gasteiger partial charge in [-0.1, -0.05) is 13.8 Å². The second-order valence-corrected chi connectivity index (χ2v) is 5.11. The average Bonchev–Trinajstić information content (AvgIpc) is 2.74. The number of nitrogens with one attached hydrogen (secondary N) is 1. The molecule has 1 N–H and O–H groups in total. The largest absolute Gasteiger partial charge is 0.312 e. The molecule has 16 heavy (non-hydrogen) atoms. The minimum Gasteiger partial charge on any atom is -0.312 e. The van der Waals surface area contributed by atoms with Crippen molar-refractivity contribution in [3.63, 3.8) is 0 Å². The van der Waals surface area contributed by atoms with Gasteiger partial charge in [0.15, 0.2) is 0 Å². The first-order valence-corrected chi connectivity index (χ1v) is 6.31. The fourth-order valence-electron chi connectivity index (χ4n) is 2.68. The highest BCUT2D eigenvalue weighted by Gasteiger charge is 2.24. The van der Waals surface area contributed by atoms with Crippen LogP contribution in [-0.2, 0) is 6.54 Å².